The van der Waals surface area contributed by atoms with Gasteiger partial charge in [0.25, 0.3) is 5.69 Å². The predicted molar refractivity (Wildman–Crippen MR) is 67.4 cm³/mol. The molecule has 0 unspecified atom stereocenters. The molecule has 0 saturated heterocycles. The highest BCUT2D eigenvalue weighted by atomic mass is 32.1. The SMILES string of the molecule is CCNC(=S)Nc1ccc(N)c([N+](=O)[O-])c1. The zero-order valence-corrected chi connectivity index (χ0v) is 9.50. The van der Waals surface area contributed by atoms with Crippen LogP contribution in [0.2, 0.25) is 0 Å². The second-order valence-corrected chi connectivity index (χ2v) is 3.42. The molecule has 6 nitrogen and oxygen atoms in total. The van der Waals surface area contributed by atoms with Crippen molar-refractivity contribution in [3.63, 3.8) is 0 Å². The van der Waals surface area contributed by atoms with Crippen LogP contribution in [0, 0.1) is 10.1 Å². The van der Waals surface area contributed by atoms with Crippen LogP contribution >= 0.6 is 12.2 Å². The Morgan fingerprint density at radius 1 is 1.62 bits per heavy atom. The number of benzene rings is 1. The fraction of sp³-hybridized carbons (Fsp3) is 0.222. The Morgan fingerprint density at radius 3 is 2.88 bits per heavy atom. The molecule has 0 aliphatic rings. The lowest BCUT2D eigenvalue weighted by molar-refractivity contribution is -0.383. The normalized spacial score (nSPS) is 9.56. The second kappa shape index (κ2) is 5.26. The number of nitrogens with one attached hydrogen (secondary N) is 2. The second-order valence-electron chi connectivity index (χ2n) is 3.02. The number of nitrogen functional groups attached to an aromatic ring is 1. The summed E-state index contributed by atoms with van der Waals surface area (Å²) in [6.07, 6.45) is 0. The van der Waals surface area contributed by atoms with E-state index in [0.29, 0.717) is 17.3 Å². The van der Waals surface area contributed by atoms with Gasteiger partial charge in [-0.25, -0.2) is 0 Å². The fourth-order valence-corrected chi connectivity index (χ4v) is 1.38. The number of thiocarbonyl (C=S) groups is 1. The lowest BCUT2D eigenvalue weighted by Crippen LogP contribution is -2.27. The van der Waals surface area contributed by atoms with Crippen LogP contribution in [0.3, 0.4) is 0 Å². The highest BCUT2D eigenvalue weighted by Crippen LogP contribution is 2.24. The molecule has 0 radical (unpaired) electrons. The van der Waals surface area contributed by atoms with Gasteiger partial charge in [0.05, 0.1) is 4.92 Å². The Bertz CT molecular complexity index is 422. The minimum Gasteiger partial charge on any atom is -0.393 e. The van der Waals surface area contributed by atoms with Crippen LogP contribution in [0.25, 0.3) is 0 Å². The molecule has 0 saturated carbocycles. The third kappa shape index (κ3) is 3.06. The molecule has 0 heterocycles. The maximum absolute atomic E-state index is 10.6. The largest absolute Gasteiger partial charge is 0.393 e. The zero-order chi connectivity index (χ0) is 12.1. The van der Waals surface area contributed by atoms with Crippen molar-refractivity contribution in [3.05, 3.63) is 28.3 Å². The minimum atomic E-state index is -0.531. The first-order chi connectivity index (χ1) is 7.54. The quantitative estimate of drug-likeness (QED) is 0.321. The van der Waals surface area contributed by atoms with Crippen molar-refractivity contribution < 1.29 is 4.92 Å². The zero-order valence-electron chi connectivity index (χ0n) is 8.69. The van der Waals surface area contributed by atoms with E-state index in [9.17, 15) is 10.1 Å². The van der Waals surface area contributed by atoms with E-state index in [0.717, 1.165) is 0 Å². The van der Waals surface area contributed by atoms with Gasteiger partial charge < -0.3 is 16.4 Å². The van der Waals surface area contributed by atoms with E-state index in [4.69, 9.17) is 18.0 Å². The summed E-state index contributed by atoms with van der Waals surface area (Å²) in [4.78, 5) is 10.1. The molecular formula is C9H12N4O2S. The van der Waals surface area contributed by atoms with Crippen molar-refractivity contribution in [1.29, 1.82) is 0 Å². The van der Waals surface area contributed by atoms with Crippen LogP contribution < -0.4 is 16.4 Å². The summed E-state index contributed by atoms with van der Waals surface area (Å²) in [5, 5.41) is 16.8. The average molecular weight is 240 g/mol. The van der Waals surface area contributed by atoms with Gasteiger partial charge in [-0.2, -0.15) is 0 Å². The third-order valence-corrected chi connectivity index (χ3v) is 2.07. The van der Waals surface area contributed by atoms with E-state index < -0.39 is 4.92 Å². The van der Waals surface area contributed by atoms with Crippen molar-refractivity contribution in [2.75, 3.05) is 17.6 Å². The van der Waals surface area contributed by atoms with E-state index in [2.05, 4.69) is 10.6 Å². The van der Waals surface area contributed by atoms with Gasteiger partial charge in [0, 0.05) is 18.3 Å². The van der Waals surface area contributed by atoms with E-state index in [1.165, 1.54) is 12.1 Å². The summed E-state index contributed by atoms with van der Waals surface area (Å²) in [7, 11) is 0. The number of nitro groups is 1. The number of hydrogen-bond donors (Lipinski definition) is 3. The Morgan fingerprint density at radius 2 is 2.31 bits per heavy atom. The molecule has 16 heavy (non-hydrogen) atoms. The Hall–Kier alpha value is -1.89. The van der Waals surface area contributed by atoms with Crippen molar-refractivity contribution in [1.82, 2.24) is 5.32 Å². The van der Waals surface area contributed by atoms with Crippen LogP contribution in [-0.2, 0) is 0 Å². The van der Waals surface area contributed by atoms with E-state index in [1.807, 2.05) is 6.92 Å². The Balaban J connectivity index is 2.87. The number of rotatable bonds is 3. The standard InChI is InChI=1S/C9H12N4O2S/c1-2-11-9(16)12-6-3-4-7(10)8(5-6)13(14)15/h3-5H,2,10H2,1H3,(H2,11,12,16). The van der Waals surface area contributed by atoms with Crippen molar-refractivity contribution in [3.8, 4) is 0 Å². The van der Waals surface area contributed by atoms with Gasteiger partial charge in [-0.05, 0) is 31.3 Å². The topological polar surface area (TPSA) is 93.2 Å². The maximum atomic E-state index is 10.6. The highest BCUT2D eigenvalue weighted by molar-refractivity contribution is 7.80. The number of hydrogen-bond acceptors (Lipinski definition) is 4. The van der Waals surface area contributed by atoms with E-state index >= 15 is 0 Å². The molecule has 0 aliphatic carbocycles. The lowest BCUT2D eigenvalue weighted by atomic mass is 10.2. The highest BCUT2D eigenvalue weighted by Gasteiger charge is 2.11. The first-order valence-electron chi connectivity index (χ1n) is 4.63. The van der Waals surface area contributed by atoms with Crippen molar-refractivity contribution >= 4 is 34.4 Å². The van der Waals surface area contributed by atoms with Gasteiger partial charge in [0.2, 0.25) is 0 Å². The Labute approximate surface area is 98.0 Å². The monoisotopic (exact) mass is 240 g/mol. The summed E-state index contributed by atoms with van der Waals surface area (Å²) in [5.74, 6) is 0. The summed E-state index contributed by atoms with van der Waals surface area (Å²) in [6, 6.07) is 4.44. The molecule has 86 valence electrons. The summed E-state index contributed by atoms with van der Waals surface area (Å²) in [5.41, 5.74) is 5.99. The molecule has 7 heteroatoms. The first-order valence-corrected chi connectivity index (χ1v) is 5.04. The van der Waals surface area contributed by atoms with Gasteiger partial charge >= 0.3 is 0 Å². The van der Waals surface area contributed by atoms with Gasteiger partial charge in [0.1, 0.15) is 5.69 Å². The number of nitrogens with zero attached hydrogens (tertiary/aromatic N) is 1. The minimum absolute atomic E-state index is 0.130. The summed E-state index contributed by atoms with van der Waals surface area (Å²) < 4.78 is 0. The van der Waals surface area contributed by atoms with Crippen LogP contribution in [0.1, 0.15) is 6.92 Å². The van der Waals surface area contributed by atoms with Crippen LogP contribution in [-0.4, -0.2) is 16.6 Å². The van der Waals surface area contributed by atoms with Crippen molar-refractivity contribution in [2.24, 2.45) is 0 Å². The van der Waals surface area contributed by atoms with Crippen LogP contribution in [0.4, 0.5) is 17.1 Å². The molecule has 1 rings (SSSR count). The van der Waals surface area contributed by atoms with Crippen LogP contribution in [0.5, 0.6) is 0 Å². The van der Waals surface area contributed by atoms with E-state index in [1.54, 1.807) is 6.07 Å². The molecule has 0 amide bonds. The molecular weight excluding hydrogens is 228 g/mol. The number of anilines is 2. The molecule has 1 aromatic rings. The average Bonchev–Trinajstić information content (AvgIpc) is 2.21. The predicted octanol–water partition coefficient (Wildman–Crippen LogP) is 1.48. The van der Waals surface area contributed by atoms with Crippen LogP contribution in [0.15, 0.2) is 18.2 Å². The van der Waals surface area contributed by atoms with Gasteiger partial charge in [-0.15, -0.1) is 0 Å². The maximum Gasteiger partial charge on any atom is 0.294 e. The van der Waals surface area contributed by atoms with E-state index in [-0.39, 0.29) is 11.4 Å². The first kappa shape index (κ1) is 12.2. The number of nitro benzene ring substituents is 1. The van der Waals surface area contributed by atoms with Gasteiger partial charge in [-0.3, -0.25) is 10.1 Å². The summed E-state index contributed by atoms with van der Waals surface area (Å²) >= 11 is 4.95. The molecule has 0 bridgehead atoms. The third-order valence-electron chi connectivity index (χ3n) is 1.82. The number of nitrogens with two attached hydrogens (primary N) is 1. The molecule has 0 atom stereocenters. The Kier molecular flexibility index (Phi) is 4.01. The van der Waals surface area contributed by atoms with Crippen molar-refractivity contribution in [2.45, 2.75) is 6.92 Å². The molecule has 0 aromatic heterocycles. The molecule has 0 aliphatic heterocycles. The molecule has 0 spiro atoms. The van der Waals surface area contributed by atoms with Gasteiger partial charge in [-0.1, -0.05) is 0 Å². The fourth-order valence-electron chi connectivity index (χ4n) is 1.12. The lowest BCUT2D eigenvalue weighted by Gasteiger charge is -2.08. The molecule has 1 aromatic carbocycles. The molecule has 0 fully saturated rings. The molecule has 4 N–H and O–H groups in total. The smallest absolute Gasteiger partial charge is 0.294 e. The van der Waals surface area contributed by atoms with Gasteiger partial charge in [0.15, 0.2) is 5.11 Å². The summed E-state index contributed by atoms with van der Waals surface area (Å²) in [6.45, 7) is 2.59.